The molecule has 3 rings (SSSR count). The molecule has 1 unspecified atom stereocenters. The second-order valence-corrected chi connectivity index (χ2v) is 5.41. The van der Waals surface area contributed by atoms with E-state index in [-0.39, 0.29) is 18.5 Å². The molecule has 5 nitrogen and oxygen atoms in total. The molecule has 3 aliphatic heterocycles. The standard InChI is InChI=1S/C13H20O5/c1-8-10(16-9-6-4-5-7-14-9)11-12(15-8)18-13(2,3)17-11/h9-12H,1,4-7H2,2-3H3/t9?,10-,11+,12+/m0/s1. The summed E-state index contributed by atoms with van der Waals surface area (Å²) in [6, 6.07) is 0. The van der Waals surface area contributed by atoms with Gasteiger partial charge in [0.2, 0.25) is 6.29 Å². The van der Waals surface area contributed by atoms with Crippen LogP contribution in [0.15, 0.2) is 12.3 Å². The molecular formula is C13H20O5. The van der Waals surface area contributed by atoms with Crippen molar-refractivity contribution >= 4 is 0 Å². The zero-order valence-electron chi connectivity index (χ0n) is 10.9. The van der Waals surface area contributed by atoms with Crippen LogP contribution in [0, 0.1) is 0 Å². The summed E-state index contributed by atoms with van der Waals surface area (Å²) >= 11 is 0. The van der Waals surface area contributed by atoms with Gasteiger partial charge < -0.3 is 23.7 Å². The van der Waals surface area contributed by atoms with Crippen molar-refractivity contribution in [2.75, 3.05) is 6.61 Å². The van der Waals surface area contributed by atoms with Gasteiger partial charge in [-0.15, -0.1) is 0 Å². The van der Waals surface area contributed by atoms with E-state index in [2.05, 4.69) is 6.58 Å². The largest absolute Gasteiger partial charge is 0.464 e. The summed E-state index contributed by atoms with van der Waals surface area (Å²) in [5.41, 5.74) is 0. The molecule has 0 aromatic carbocycles. The molecule has 0 aliphatic carbocycles. The van der Waals surface area contributed by atoms with Crippen molar-refractivity contribution in [2.24, 2.45) is 0 Å². The minimum Gasteiger partial charge on any atom is -0.464 e. The minimum absolute atomic E-state index is 0.185. The molecule has 0 amide bonds. The quantitative estimate of drug-likeness (QED) is 0.755. The second kappa shape index (κ2) is 4.49. The third kappa shape index (κ3) is 2.28. The van der Waals surface area contributed by atoms with Crippen LogP contribution in [0.25, 0.3) is 0 Å². The molecule has 18 heavy (non-hydrogen) atoms. The normalized spacial score (nSPS) is 42.7. The molecule has 0 bridgehead atoms. The van der Waals surface area contributed by atoms with Crippen molar-refractivity contribution in [1.29, 1.82) is 0 Å². The van der Waals surface area contributed by atoms with Crippen molar-refractivity contribution in [2.45, 2.75) is 63.7 Å². The van der Waals surface area contributed by atoms with Crippen LogP contribution in [0.1, 0.15) is 33.1 Å². The fourth-order valence-corrected chi connectivity index (χ4v) is 2.59. The molecule has 0 saturated carbocycles. The first-order chi connectivity index (χ1) is 8.55. The third-order valence-electron chi connectivity index (χ3n) is 3.41. The van der Waals surface area contributed by atoms with Gasteiger partial charge in [-0.2, -0.15) is 0 Å². The van der Waals surface area contributed by atoms with E-state index in [1.165, 1.54) is 0 Å². The van der Waals surface area contributed by atoms with Gasteiger partial charge in [-0.3, -0.25) is 0 Å². The Labute approximate surface area is 107 Å². The minimum atomic E-state index is -0.634. The maximum Gasteiger partial charge on any atom is 0.231 e. The Hall–Kier alpha value is -0.620. The number of hydrogen-bond acceptors (Lipinski definition) is 5. The molecule has 5 heteroatoms. The van der Waals surface area contributed by atoms with Gasteiger partial charge in [-0.25, -0.2) is 0 Å². The second-order valence-electron chi connectivity index (χ2n) is 5.41. The van der Waals surface area contributed by atoms with Crippen LogP contribution in [0.4, 0.5) is 0 Å². The average molecular weight is 256 g/mol. The van der Waals surface area contributed by atoms with Gasteiger partial charge in [0.15, 0.2) is 18.2 Å². The van der Waals surface area contributed by atoms with Crippen LogP contribution in [0.2, 0.25) is 0 Å². The first-order valence-electron chi connectivity index (χ1n) is 6.53. The highest BCUT2D eigenvalue weighted by molar-refractivity contribution is 5.07. The van der Waals surface area contributed by atoms with Crippen LogP contribution in [0.3, 0.4) is 0 Å². The maximum absolute atomic E-state index is 5.92. The predicted octanol–water partition coefficient (Wildman–Crippen LogP) is 1.92. The van der Waals surface area contributed by atoms with E-state index >= 15 is 0 Å². The summed E-state index contributed by atoms with van der Waals surface area (Å²) in [5.74, 6) is -0.0694. The lowest BCUT2D eigenvalue weighted by Gasteiger charge is -2.28. The van der Waals surface area contributed by atoms with Crippen molar-refractivity contribution in [3.8, 4) is 0 Å². The number of hydrogen-bond donors (Lipinski definition) is 0. The Bertz CT molecular complexity index is 334. The molecule has 0 radical (unpaired) electrons. The summed E-state index contributed by atoms with van der Waals surface area (Å²) in [4.78, 5) is 0. The predicted molar refractivity (Wildman–Crippen MR) is 62.5 cm³/mol. The summed E-state index contributed by atoms with van der Waals surface area (Å²) in [7, 11) is 0. The Morgan fingerprint density at radius 2 is 2.11 bits per heavy atom. The van der Waals surface area contributed by atoms with Crippen molar-refractivity contribution < 1.29 is 23.7 Å². The summed E-state index contributed by atoms with van der Waals surface area (Å²) in [6.07, 6.45) is 1.97. The number of rotatable bonds is 2. The first kappa shape index (κ1) is 12.4. The molecule has 0 N–H and O–H groups in total. The van der Waals surface area contributed by atoms with Crippen molar-refractivity contribution in [3.05, 3.63) is 12.3 Å². The smallest absolute Gasteiger partial charge is 0.231 e. The highest BCUT2D eigenvalue weighted by Gasteiger charge is 2.54. The molecule has 3 fully saturated rings. The Kier molecular flexibility index (Phi) is 3.10. The Morgan fingerprint density at radius 3 is 2.83 bits per heavy atom. The molecule has 0 spiro atoms. The van der Waals surface area contributed by atoms with Crippen molar-refractivity contribution in [1.82, 2.24) is 0 Å². The lowest BCUT2D eigenvalue weighted by Crippen LogP contribution is -2.36. The van der Waals surface area contributed by atoms with Gasteiger partial charge in [0, 0.05) is 6.61 Å². The zero-order valence-corrected chi connectivity index (χ0v) is 10.9. The van der Waals surface area contributed by atoms with Crippen LogP contribution < -0.4 is 0 Å². The molecule has 3 aliphatic rings. The van der Waals surface area contributed by atoms with E-state index in [1.807, 2.05) is 13.8 Å². The van der Waals surface area contributed by atoms with Crippen LogP contribution in [0.5, 0.6) is 0 Å². The van der Waals surface area contributed by atoms with Crippen LogP contribution >= 0.6 is 0 Å². The van der Waals surface area contributed by atoms with E-state index in [4.69, 9.17) is 23.7 Å². The van der Waals surface area contributed by atoms with E-state index in [0.29, 0.717) is 5.76 Å². The number of ether oxygens (including phenoxy) is 5. The highest BCUT2D eigenvalue weighted by Crippen LogP contribution is 2.40. The van der Waals surface area contributed by atoms with Crippen LogP contribution in [-0.4, -0.2) is 37.2 Å². The average Bonchev–Trinajstić information content (AvgIpc) is 2.74. The van der Waals surface area contributed by atoms with E-state index in [9.17, 15) is 0 Å². The summed E-state index contributed by atoms with van der Waals surface area (Å²) < 4.78 is 28.5. The Balaban J connectivity index is 1.65. The van der Waals surface area contributed by atoms with Gasteiger partial charge in [-0.1, -0.05) is 6.58 Å². The monoisotopic (exact) mass is 256 g/mol. The maximum atomic E-state index is 5.92. The molecule has 4 atom stereocenters. The topological polar surface area (TPSA) is 46.2 Å². The summed E-state index contributed by atoms with van der Waals surface area (Å²) in [5, 5.41) is 0. The van der Waals surface area contributed by atoms with Gasteiger partial charge in [0.05, 0.1) is 0 Å². The lowest BCUT2D eigenvalue weighted by molar-refractivity contribution is -0.219. The van der Waals surface area contributed by atoms with E-state index in [0.717, 1.165) is 25.9 Å². The molecule has 0 aromatic heterocycles. The zero-order chi connectivity index (χ0) is 12.8. The van der Waals surface area contributed by atoms with Gasteiger partial charge in [-0.05, 0) is 33.1 Å². The lowest BCUT2D eigenvalue weighted by atomic mass is 10.2. The fraction of sp³-hybridized carbons (Fsp3) is 0.846. The van der Waals surface area contributed by atoms with Gasteiger partial charge >= 0.3 is 0 Å². The first-order valence-corrected chi connectivity index (χ1v) is 6.53. The summed E-state index contributed by atoms with van der Waals surface area (Å²) in [6.45, 7) is 8.35. The highest BCUT2D eigenvalue weighted by atomic mass is 16.8. The molecular weight excluding hydrogens is 236 g/mol. The SMILES string of the molecule is C=C1O[C@@H]2OC(C)(C)O[C@@H]2[C@H]1OC1CCCCO1. The molecule has 0 aromatic rings. The van der Waals surface area contributed by atoms with E-state index in [1.54, 1.807) is 0 Å². The molecule has 102 valence electrons. The van der Waals surface area contributed by atoms with Crippen molar-refractivity contribution in [3.63, 3.8) is 0 Å². The van der Waals surface area contributed by atoms with Gasteiger partial charge in [0.25, 0.3) is 0 Å². The molecule has 3 saturated heterocycles. The Morgan fingerprint density at radius 1 is 1.28 bits per heavy atom. The van der Waals surface area contributed by atoms with E-state index < -0.39 is 12.1 Å². The third-order valence-corrected chi connectivity index (χ3v) is 3.41. The molecule has 3 heterocycles. The van der Waals surface area contributed by atoms with Gasteiger partial charge in [0.1, 0.15) is 11.9 Å². The number of fused-ring (bicyclic) bond motifs is 1. The fourth-order valence-electron chi connectivity index (χ4n) is 2.59. The van der Waals surface area contributed by atoms with Crippen LogP contribution in [-0.2, 0) is 23.7 Å².